The largest absolute Gasteiger partial charge is 0.457 e. The first-order chi connectivity index (χ1) is 20.6. The van der Waals surface area contributed by atoms with Crippen molar-refractivity contribution in [2.24, 2.45) is 23.7 Å². The maximum absolute atomic E-state index is 13.7. The van der Waals surface area contributed by atoms with E-state index in [0.29, 0.717) is 11.5 Å². The number of imide groups is 1. The van der Waals surface area contributed by atoms with Gasteiger partial charge in [-0.3, -0.25) is 39.4 Å². The maximum atomic E-state index is 13.7. The summed E-state index contributed by atoms with van der Waals surface area (Å²) in [5.41, 5.74) is -0.176. The monoisotopic (exact) mass is 584 g/mol. The summed E-state index contributed by atoms with van der Waals surface area (Å²) in [7, 11) is 0. The second kappa shape index (κ2) is 10.7. The van der Waals surface area contributed by atoms with Crippen LogP contribution in [0.2, 0.25) is 0 Å². The zero-order valence-electron chi connectivity index (χ0n) is 22.5. The van der Waals surface area contributed by atoms with E-state index in [-0.39, 0.29) is 34.3 Å². The third-order valence-electron chi connectivity index (χ3n) is 8.46. The predicted octanol–water partition coefficient (Wildman–Crippen LogP) is 4.57. The zero-order chi connectivity index (χ0) is 30.4. The first-order valence-electron chi connectivity index (χ1n) is 13.6. The van der Waals surface area contributed by atoms with Gasteiger partial charge in [-0.05, 0) is 79.6 Å². The Labute approximate surface area is 243 Å². The molecular weight excluding hydrogens is 560 g/mol. The highest BCUT2D eigenvalue weighted by molar-refractivity contribution is 6.10. The number of fused-ring (bicyclic) bond motifs is 5. The molecule has 0 N–H and O–H groups in total. The number of hydrogen-bond donors (Lipinski definition) is 0. The van der Waals surface area contributed by atoms with Crippen LogP contribution in [0.4, 0.5) is 11.4 Å². The fourth-order valence-electron chi connectivity index (χ4n) is 6.45. The number of amides is 3. The first-order valence-corrected chi connectivity index (χ1v) is 13.6. The summed E-state index contributed by atoms with van der Waals surface area (Å²) in [6.45, 7) is -0.620. The summed E-state index contributed by atoms with van der Waals surface area (Å²) in [6, 6.07) is 16.1. The van der Waals surface area contributed by atoms with E-state index in [0.717, 1.165) is 41.4 Å². The number of nitrogens with zero attached hydrogens (tertiary/aromatic N) is 4. The average Bonchev–Trinajstić information content (AvgIpc) is 3.70. The van der Waals surface area contributed by atoms with Crippen LogP contribution in [-0.2, 0) is 9.59 Å². The van der Waals surface area contributed by atoms with Crippen LogP contribution in [0, 0.1) is 43.9 Å². The summed E-state index contributed by atoms with van der Waals surface area (Å²) < 4.78 is 5.69. The fourth-order valence-corrected chi connectivity index (χ4v) is 6.45. The van der Waals surface area contributed by atoms with Crippen molar-refractivity contribution in [1.29, 1.82) is 0 Å². The van der Waals surface area contributed by atoms with Crippen LogP contribution in [0.1, 0.15) is 40.0 Å². The second-order valence-corrected chi connectivity index (χ2v) is 10.8. The Hall–Kier alpha value is -5.46. The fraction of sp³-hybridized carbons (Fsp3) is 0.267. The molecule has 1 aliphatic heterocycles. The first kappa shape index (κ1) is 27.7. The molecule has 13 heteroatoms. The minimum absolute atomic E-state index is 0.0223. The van der Waals surface area contributed by atoms with Crippen LogP contribution < -0.4 is 4.74 Å². The quantitative estimate of drug-likeness (QED) is 0.151. The van der Waals surface area contributed by atoms with Gasteiger partial charge in [-0.1, -0.05) is 0 Å². The van der Waals surface area contributed by atoms with Crippen molar-refractivity contribution in [1.82, 2.24) is 10.0 Å². The minimum Gasteiger partial charge on any atom is -0.457 e. The number of rotatable bonds is 9. The third kappa shape index (κ3) is 4.98. The molecule has 0 aromatic heterocycles. The number of non-ortho nitro benzene ring substituents is 2. The molecular formula is C30H24N4O9. The van der Waals surface area contributed by atoms with Crippen molar-refractivity contribution in [3.63, 3.8) is 0 Å². The van der Waals surface area contributed by atoms with Gasteiger partial charge in [0.15, 0.2) is 5.78 Å². The number of carbonyl (C=O) groups is 4. The van der Waals surface area contributed by atoms with Crippen molar-refractivity contribution in [3.8, 4) is 11.5 Å². The van der Waals surface area contributed by atoms with Gasteiger partial charge in [0.2, 0.25) is 0 Å². The van der Waals surface area contributed by atoms with Crippen LogP contribution in [0.25, 0.3) is 0 Å². The van der Waals surface area contributed by atoms with Crippen molar-refractivity contribution in [3.05, 3.63) is 104 Å². The topological polar surface area (TPSA) is 170 Å². The molecule has 1 heterocycles. The maximum Gasteiger partial charge on any atom is 0.273 e. The lowest BCUT2D eigenvalue weighted by atomic mass is 9.81. The van der Waals surface area contributed by atoms with E-state index < -0.39 is 51.7 Å². The highest BCUT2D eigenvalue weighted by Crippen LogP contribution is 2.56. The molecule has 2 aliphatic carbocycles. The normalized spacial score (nSPS) is 21.9. The smallest absolute Gasteiger partial charge is 0.273 e. The van der Waals surface area contributed by atoms with E-state index >= 15 is 0 Å². The summed E-state index contributed by atoms with van der Waals surface area (Å²) in [4.78, 5) is 75.0. The van der Waals surface area contributed by atoms with Gasteiger partial charge < -0.3 is 4.74 Å². The van der Waals surface area contributed by atoms with Crippen molar-refractivity contribution >= 4 is 34.9 Å². The number of nitro groups is 2. The van der Waals surface area contributed by atoms with Crippen molar-refractivity contribution in [2.75, 3.05) is 6.54 Å². The number of carbonyl (C=O) groups excluding carboxylic acids is 4. The van der Waals surface area contributed by atoms with E-state index in [1.165, 1.54) is 60.7 Å². The van der Waals surface area contributed by atoms with E-state index in [1.54, 1.807) is 0 Å². The molecule has 3 amide bonds. The van der Waals surface area contributed by atoms with E-state index in [9.17, 15) is 39.4 Å². The molecule has 2 bridgehead atoms. The van der Waals surface area contributed by atoms with Crippen molar-refractivity contribution < 1.29 is 33.8 Å². The number of benzene rings is 3. The molecule has 0 unspecified atom stereocenters. The lowest BCUT2D eigenvalue weighted by Crippen LogP contribution is -2.52. The van der Waals surface area contributed by atoms with Gasteiger partial charge in [0.05, 0.1) is 21.7 Å². The molecule has 4 atom stereocenters. The Morgan fingerprint density at radius 3 is 1.67 bits per heavy atom. The van der Waals surface area contributed by atoms with Gasteiger partial charge >= 0.3 is 0 Å². The highest BCUT2D eigenvalue weighted by Gasteiger charge is 2.62. The molecule has 218 valence electrons. The summed E-state index contributed by atoms with van der Waals surface area (Å²) in [5.74, 6) is -2.61. The van der Waals surface area contributed by atoms with Gasteiger partial charge in [0, 0.05) is 35.4 Å². The van der Waals surface area contributed by atoms with E-state index in [2.05, 4.69) is 0 Å². The van der Waals surface area contributed by atoms with Crippen molar-refractivity contribution in [2.45, 2.75) is 19.3 Å². The molecule has 2 saturated carbocycles. The van der Waals surface area contributed by atoms with Gasteiger partial charge in [-0.2, -0.15) is 5.01 Å². The Balaban J connectivity index is 1.24. The number of hydrogen-bond acceptors (Lipinski definition) is 9. The lowest BCUT2D eigenvalue weighted by molar-refractivity contribution is -0.385. The Morgan fingerprint density at radius 2 is 1.19 bits per heavy atom. The van der Waals surface area contributed by atoms with Gasteiger partial charge in [0.1, 0.15) is 18.0 Å². The standard InChI is InChI=1S/C30H24N4O9/c35-25(17-5-11-23(12-6-17)43-24-13-9-22(10-14-24)34(41)42)16-31(28(36)18-3-7-21(8-4-18)33(39)40)32-29(37)26-19-1-2-20(15-19)27(26)30(32)38/h3-14,19-20,26-27H,1-2,15-16H2/t19-,20-,26+,27+/m0/s1. The van der Waals surface area contributed by atoms with Gasteiger partial charge in [-0.25, -0.2) is 5.01 Å². The molecule has 3 aromatic rings. The SMILES string of the molecule is O=C(CN(C(=O)c1ccc([N+](=O)[O-])cc1)N1C(=O)[C@@H]2[C@H]3CC[C@@H](C3)[C@H]2C1=O)c1ccc(Oc2ccc([N+](=O)[O-])cc2)cc1. The van der Waals surface area contributed by atoms with Crippen LogP contribution >= 0.6 is 0 Å². The average molecular weight is 585 g/mol. The lowest BCUT2D eigenvalue weighted by Gasteiger charge is -2.30. The van der Waals surface area contributed by atoms with E-state index in [1.807, 2.05) is 0 Å². The number of ether oxygens (including phenoxy) is 1. The van der Waals surface area contributed by atoms with Crippen LogP contribution in [0.5, 0.6) is 11.5 Å². The Bertz CT molecular complexity index is 1630. The van der Waals surface area contributed by atoms with E-state index in [4.69, 9.17) is 4.74 Å². The molecule has 43 heavy (non-hydrogen) atoms. The van der Waals surface area contributed by atoms with Crippen LogP contribution in [-0.4, -0.2) is 49.9 Å². The third-order valence-corrected chi connectivity index (χ3v) is 8.46. The molecule has 3 aliphatic rings. The summed E-state index contributed by atoms with van der Waals surface area (Å²) in [5, 5.41) is 23.6. The molecule has 0 radical (unpaired) electrons. The zero-order valence-corrected chi connectivity index (χ0v) is 22.5. The van der Waals surface area contributed by atoms with Crippen LogP contribution in [0.3, 0.4) is 0 Å². The molecule has 3 fully saturated rings. The highest BCUT2D eigenvalue weighted by atomic mass is 16.6. The summed E-state index contributed by atoms with van der Waals surface area (Å²) in [6.07, 6.45) is 2.47. The molecule has 0 spiro atoms. The van der Waals surface area contributed by atoms with Gasteiger partial charge in [0.25, 0.3) is 29.1 Å². The molecule has 6 rings (SSSR count). The number of Topliss-reactive ketones (excluding diaryl/α,β-unsaturated/α-hetero) is 1. The molecule has 3 aromatic carbocycles. The second-order valence-electron chi connectivity index (χ2n) is 10.8. The number of nitro benzene ring substituents is 2. The molecule has 13 nitrogen and oxygen atoms in total. The Kier molecular flexibility index (Phi) is 6.92. The van der Waals surface area contributed by atoms with Crippen LogP contribution in [0.15, 0.2) is 72.8 Å². The Morgan fingerprint density at radius 1 is 0.744 bits per heavy atom. The minimum atomic E-state index is -0.810. The van der Waals surface area contributed by atoms with Gasteiger partial charge in [-0.15, -0.1) is 0 Å². The molecule has 1 saturated heterocycles. The summed E-state index contributed by atoms with van der Waals surface area (Å²) >= 11 is 0. The predicted molar refractivity (Wildman–Crippen MR) is 148 cm³/mol. The number of hydrazine groups is 1. The number of ketones is 1.